The Balaban J connectivity index is 1.95. The molecule has 1 aromatic rings. The standard InChI is InChI=1S/C14H18ClFN2S/c1-9-4-2-3-5-12(9)17-14(19)18-13-8-10(15)6-7-11(13)16/h6-9,12H,2-5H2,1H3,(H2,17,18,19)/t9-,12-/m1/s1. The van der Waals surface area contributed by atoms with Gasteiger partial charge in [0.15, 0.2) is 5.11 Å². The Morgan fingerprint density at radius 2 is 2.11 bits per heavy atom. The van der Waals surface area contributed by atoms with Crippen LogP contribution in [-0.4, -0.2) is 11.2 Å². The molecule has 2 nitrogen and oxygen atoms in total. The van der Waals surface area contributed by atoms with Crippen LogP contribution in [0.1, 0.15) is 32.6 Å². The lowest BCUT2D eigenvalue weighted by Gasteiger charge is -2.30. The van der Waals surface area contributed by atoms with Gasteiger partial charge in [0.05, 0.1) is 5.69 Å². The van der Waals surface area contributed by atoms with E-state index in [0.717, 1.165) is 6.42 Å². The smallest absolute Gasteiger partial charge is 0.171 e. The first-order valence-corrected chi connectivity index (χ1v) is 7.37. The summed E-state index contributed by atoms with van der Waals surface area (Å²) in [7, 11) is 0. The minimum absolute atomic E-state index is 0.313. The van der Waals surface area contributed by atoms with Crippen molar-refractivity contribution in [3.05, 3.63) is 29.0 Å². The Morgan fingerprint density at radius 3 is 2.84 bits per heavy atom. The van der Waals surface area contributed by atoms with Crippen LogP contribution in [0.5, 0.6) is 0 Å². The Morgan fingerprint density at radius 1 is 1.37 bits per heavy atom. The molecule has 2 N–H and O–H groups in total. The summed E-state index contributed by atoms with van der Waals surface area (Å²) in [5.41, 5.74) is 0.313. The summed E-state index contributed by atoms with van der Waals surface area (Å²) in [5, 5.41) is 7.10. The maximum atomic E-state index is 13.6. The molecule has 1 saturated carbocycles. The second-order valence-corrected chi connectivity index (χ2v) is 5.94. The summed E-state index contributed by atoms with van der Waals surface area (Å²) < 4.78 is 13.6. The van der Waals surface area contributed by atoms with Gasteiger partial charge in [0.25, 0.3) is 0 Å². The predicted octanol–water partition coefficient (Wildman–Crippen LogP) is 4.34. The van der Waals surface area contributed by atoms with Gasteiger partial charge in [-0.25, -0.2) is 4.39 Å². The van der Waals surface area contributed by atoms with E-state index < -0.39 is 0 Å². The van der Waals surface area contributed by atoms with Gasteiger partial charge in [0.1, 0.15) is 5.82 Å². The van der Waals surface area contributed by atoms with Gasteiger partial charge in [-0.05, 0) is 49.2 Å². The molecule has 5 heteroatoms. The Hall–Kier alpha value is -0.870. The van der Waals surface area contributed by atoms with Crippen LogP contribution in [0.25, 0.3) is 0 Å². The second kappa shape index (κ2) is 6.53. The molecule has 1 fully saturated rings. The molecular formula is C14H18ClFN2S. The van der Waals surface area contributed by atoms with Crippen molar-refractivity contribution in [3.63, 3.8) is 0 Å². The van der Waals surface area contributed by atoms with Gasteiger partial charge in [0, 0.05) is 11.1 Å². The van der Waals surface area contributed by atoms with Crippen molar-refractivity contribution >= 4 is 34.6 Å². The molecule has 104 valence electrons. The van der Waals surface area contributed by atoms with Gasteiger partial charge in [0.2, 0.25) is 0 Å². The molecule has 0 amide bonds. The van der Waals surface area contributed by atoms with Crippen LogP contribution >= 0.6 is 23.8 Å². The molecule has 19 heavy (non-hydrogen) atoms. The van der Waals surface area contributed by atoms with E-state index in [0.29, 0.717) is 27.8 Å². The van der Waals surface area contributed by atoms with Crippen molar-refractivity contribution in [1.29, 1.82) is 0 Å². The number of benzene rings is 1. The van der Waals surface area contributed by atoms with Gasteiger partial charge in [-0.15, -0.1) is 0 Å². The van der Waals surface area contributed by atoms with Gasteiger partial charge < -0.3 is 10.6 Å². The molecule has 1 aliphatic rings. The highest BCUT2D eigenvalue weighted by Gasteiger charge is 2.21. The third kappa shape index (κ3) is 4.05. The summed E-state index contributed by atoms with van der Waals surface area (Å²) in [4.78, 5) is 0. The Kier molecular flexibility index (Phi) is 4.99. The fraction of sp³-hybridized carbons (Fsp3) is 0.500. The number of nitrogens with one attached hydrogen (secondary N) is 2. The molecular weight excluding hydrogens is 283 g/mol. The van der Waals surface area contributed by atoms with E-state index in [-0.39, 0.29) is 5.82 Å². The van der Waals surface area contributed by atoms with Crippen LogP contribution in [0, 0.1) is 11.7 Å². The summed E-state index contributed by atoms with van der Waals surface area (Å²) in [6.45, 7) is 2.22. The molecule has 0 aliphatic heterocycles. The van der Waals surface area contributed by atoms with Crippen LogP contribution in [0.4, 0.5) is 10.1 Å². The van der Waals surface area contributed by atoms with E-state index in [9.17, 15) is 4.39 Å². The number of thiocarbonyl (C=S) groups is 1. The Labute approximate surface area is 123 Å². The normalized spacial score (nSPS) is 22.9. The highest BCUT2D eigenvalue weighted by molar-refractivity contribution is 7.80. The van der Waals surface area contributed by atoms with Crippen LogP contribution in [0.2, 0.25) is 5.02 Å². The molecule has 0 bridgehead atoms. The second-order valence-electron chi connectivity index (χ2n) is 5.09. The highest BCUT2D eigenvalue weighted by Crippen LogP contribution is 2.24. The van der Waals surface area contributed by atoms with Gasteiger partial charge in [-0.3, -0.25) is 0 Å². The van der Waals surface area contributed by atoms with E-state index in [1.54, 1.807) is 0 Å². The van der Waals surface area contributed by atoms with Gasteiger partial charge in [-0.2, -0.15) is 0 Å². The van der Waals surface area contributed by atoms with Gasteiger partial charge >= 0.3 is 0 Å². The van der Waals surface area contributed by atoms with Crippen LogP contribution in [0.15, 0.2) is 18.2 Å². The molecule has 2 rings (SSSR count). The predicted molar refractivity (Wildman–Crippen MR) is 82.2 cm³/mol. The zero-order valence-electron chi connectivity index (χ0n) is 10.9. The maximum Gasteiger partial charge on any atom is 0.171 e. The third-order valence-electron chi connectivity index (χ3n) is 3.60. The summed E-state index contributed by atoms with van der Waals surface area (Å²) in [6, 6.07) is 4.75. The van der Waals surface area contributed by atoms with E-state index in [1.807, 2.05) is 0 Å². The molecule has 0 radical (unpaired) electrons. The molecule has 1 aliphatic carbocycles. The molecule has 2 atom stereocenters. The van der Waals surface area contributed by atoms with Crippen molar-refractivity contribution in [2.24, 2.45) is 5.92 Å². The van der Waals surface area contributed by atoms with Crippen molar-refractivity contribution in [2.75, 3.05) is 5.32 Å². The van der Waals surface area contributed by atoms with Crippen molar-refractivity contribution in [2.45, 2.75) is 38.6 Å². The SMILES string of the molecule is C[C@@H]1CCCC[C@H]1NC(=S)Nc1cc(Cl)ccc1F. The largest absolute Gasteiger partial charge is 0.359 e. The molecule has 0 unspecified atom stereocenters. The average molecular weight is 301 g/mol. The zero-order valence-corrected chi connectivity index (χ0v) is 12.5. The van der Waals surface area contributed by atoms with Crippen molar-refractivity contribution in [1.82, 2.24) is 5.32 Å². The lowest BCUT2D eigenvalue weighted by Crippen LogP contribution is -2.43. The van der Waals surface area contributed by atoms with Crippen LogP contribution < -0.4 is 10.6 Å². The van der Waals surface area contributed by atoms with E-state index in [1.165, 1.54) is 37.5 Å². The van der Waals surface area contributed by atoms with Crippen LogP contribution in [-0.2, 0) is 0 Å². The highest BCUT2D eigenvalue weighted by atomic mass is 35.5. The average Bonchev–Trinajstić information content (AvgIpc) is 2.37. The minimum Gasteiger partial charge on any atom is -0.359 e. The van der Waals surface area contributed by atoms with Crippen molar-refractivity contribution in [3.8, 4) is 0 Å². The van der Waals surface area contributed by atoms with Gasteiger partial charge in [-0.1, -0.05) is 31.4 Å². The fourth-order valence-electron chi connectivity index (χ4n) is 2.45. The fourth-order valence-corrected chi connectivity index (χ4v) is 2.88. The zero-order chi connectivity index (χ0) is 13.8. The van der Waals surface area contributed by atoms with Crippen LogP contribution in [0.3, 0.4) is 0 Å². The lowest BCUT2D eigenvalue weighted by molar-refractivity contribution is 0.309. The molecule has 1 aromatic carbocycles. The number of halogens is 2. The summed E-state index contributed by atoms with van der Waals surface area (Å²) >= 11 is 11.1. The summed E-state index contributed by atoms with van der Waals surface area (Å²) in [6.07, 6.45) is 4.82. The number of rotatable bonds is 2. The first-order valence-electron chi connectivity index (χ1n) is 6.59. The monoisotopic (exact) mass is 300 g/mol. The lowest BCUT2D eigenvalue weighted by atomic mass is 9.86. The maximum absolute atomic E-state index is 13.6. The number of hydrogen-bond donors (Lipinski definition) is 2. The molecule has 0 spiro atoms. The quantitative estimate of drug-likeness (QED) is 0.794. The molecule has 0 aromatic heterocycles. The van der Waals surface area contributed by atoms with E-state index >= 15 is 0 Å². The van der Waals surface area contributed by atoms with E-state index in [4.69, 9.17) is 23.8 Å². The number of anilines is 1. The molecule has 0 saturated heterocycles. The number of hydrogen-bond acceptors (Lipinski definition) is 1. The van der Waals surface area contributed by atoms with Crippen molar-refractivity contribution < 1.29 is 4.39 Å². The first-order chi connectivity index (χ1) is 9.06. The first kappa shape index (κ1) is 14.5. The summed E-state index contributed by atoms with van der Waals surface area (Å²) in [5.74, 6) is 0.239. The van der Waals surface area contributed by atoms with E-state index in [2.05, 4.69) is 17.6 Å². The third-order valence-corrected chi connectivity index (χ3v) is 4.06. The topological polar surface area (TPSA) is 24.1 Å². The Bertz CT molecular complexity index is 467. The minimum atomic E-state index is -0.356. The molecule has 0 heterocycles.